The minimum absolute atomic E-state index is 0.213. The number of methoxy groups -OCH3 is 1. The molecule has 0 aliphatic rings. The number of aliphatic carboxylic acids is 1. The van der Waals surface area contributed by atoms with Crippen LogP contribution in [0.25, 0.3) is 28.7 Å². The van der Waals surface area contributed by atoms with Crippen molar-refractivity contribution in [2.45, 2.75) is 32.5 Å². The zero-order valence-corrected chi connectivity index (χ0v) is 24.4. The van der Waals surface area contributed by atoms with E-state index < -0.39 is 12.1 Å². The maximum Gasteiger partial charge on any atom is 0.344 e. The van der Waals surface area contributed by atoms with Gasteiger partial charge in [-0.2, -0.15) is 0 Å². The topological polar surface area (TPSA) is 91.0 Å². The van der Waals surface area contributed by atoms with E-state index in [1.54, 1.807) is 31.4 Å². The quantitative estimate of drug-likeness (QED) is 0.147. The van der Waals surface area contributed by atoms with Crippen molar-refractivity contribution in [3.8, 4) is 39.8 Å². The predicted octanol–water partition coefficient (Wildman–Crippen LogP) is 8.37. The average Bonchev–Trinajstić information content (AvgIpc) is 3.42. The van der Waals surface area contributed by atoms with E-state index in [9.17, 15) is 14.3 Å². The molecular weight excluding hydrogens is 561 g/mol. The highest BCUT2D eigenvalue weighted by Gasteiger charge is 2.19. The van der Waals surface area contributed by atoms with E-state index in [0.717, 1.165) is 22.3 Å². The Hall–Kier alpha value is -5.37. The van der Waals surface area contributed by atoms with Gasteiger partial charge >= 0.3 is 5.97 Å². The molecule has 8 heteroatoms. The van der Waals surface area contributed by atoms with Gasteiger partial charge in [0.05, 0.1) is 7.11 Å². The van der Waals surface area contributed by atoms with E-state index in [0.29, 0.717) is 41.0 Å². The number of aromatic nitrogens is 1. The van der Waals surface area contributed by atoms with Gasteiger partial charge in [0.15, 0.2) is 6.10 Å². The van der Waals surface area contributed by atoms with Crippen LogP contribution in [0, 0.1) is 12.7 Å². The predicted molar refractivity (Wildman–Crippen MR) is 166 cm³/mol. The van der Waals surface area contributed by atoms with Gasteiger partial charge in [0, 0.05) is 11.1 Å². The van der Waals surface area contributed by atoms with Gasteiger partial charge in [0.2, 0.25) is 5.89 Å². The number of oxazole rings is 1. The number of carbonyl (C=O) groups is 1. The smallest absolute Gasteiger partial charge is 0.344 e. The third kappa shape index (κ3) is 7.72. The summed E-state index contributed by atoms with van der Waals surface area (Å²) in [6.07, 6.45) is 3.43. The summed E-state index contributed by atoms with van der Waals surface area (Å²) in [4.78, 5) is 16.5. The molecule has 1 aromatic heterocycles. The highest BCUT2D eigenvalue weighted by atomic mass is 19.1. The van der Waals surface area contributed by atoms with E-state index in [2.05, 4.69) is 4.98 Å². The van der Waals surface area contributed by atoms with Gasteiger partial charge in [-0.15, -0.1) is 0 Å². The molecule has 0 fully saturated rings. The first-order valence-corrected chi connectivity index (χ1v) is 14.1. The molecule has 7 nitrogen and oxygen atoms in total. The molecule has 1 atom stereocenters. The first-order valence-electron chi connectivity index (χ1n) is 14.1. The summed E-state index contributed by atoms with van der Waals surface area (Å²) in [5, 5.41) is 9.76. The molecule has 0 bridgehead atoms. The Balaban J connectivity index is 1.21. The molecule has 1 unspecified atom stereocenters. The Morgan fingerprint density at radius 2 is 1.61 bits per heavy atom. The van der Waals surface area contributed by atoms with Gasteiger partial charge in [-0.25, -0.2) is 14.2 Å². The summed E-state index contributed by atoms with van der Waals surface area (Å²) < 4.78 is 36.4. The van der Waals surface area contributed by atoms with Gasteiger partial charge in [-0.05, 0) is 85.5 Å². The highest BCUT2D eigenvalue weighted by molar-refractivity contribution is 5.73. The van der Waals surface area contributed by atoms with Gasteiger partial charge < -0.3 is 23.7 Å². The van der Waals surface area contributed by atoms with Crippen molar-refractivity contribution in [3.05, 3.63) is 126 Å². The molecule has 0 radical (unpaired) electrons. The summed E-state index contributed by atoms with van der Waals surface area (Å²) in [5.41, 5.74) is 4.09. The summed E-state index contributed by atoms with van der Waals surface area (Å²) >= 11 is 0. The molecule has 0 spiro atoms. The number of carboxylic acid groups (broad SMARTS) is 1. The molecular formula is C36H32FNO6. The SMILES string of the molecule is COc1ccc(OCc2nc(-c3ccccc3)oc2C)c(C=CCCC(Oc2ccc(-c3ccc(F)cc3)cc2)C(=O)O)c1. The van der Waals surface area contributed by atoms with Crippen molar-refractivity contribution in [1.29, 1.82) is 0 Å². The molecule has 44 heavy (non-hydrogen) atoms. The Labute approximate surface area is 255 Å². The number of halogens is 1. The number of hydrogen-bond acceptors (Lipinski definition) is 6. The van der Waals surface area contributed by atoms with Crippen LogP contribution < -0.4 is 14.2 Å². The van der Waals surface area contributed by atoms with Crippen molar-refractivity contribution in [2.24, 2.45) is 0 Å². The Morgan fingerprint density at radius 3 is 2.30 bits per heavy atom. The fraction of sp³-hybridized carbons (Fsp3) is 0.167. The lowest BCUT2D eigenvalue weighted by Gasteiger charge is -2.15. The molecule has 1 N–H and O–H groups in total. The third-order valence-electron chi connectivity index (χ3n) is 6.97. The van der Waals surface area contributed by atoms with E-state index in [1.165, 1.54) is 12.1 Å². The zero-order valence-electron chi connectivity index (χ0n) is 24.4. The van der Waals surface area contributed by atoms with Gasteiger partial charge in [0.25, 0.3) is 0 Å². The van der Waals surface area contributed by atoms with Crippen molar-refractivity contribution < 1.29 is 32.9 Å². The van der Waals surface area contributed by atoms with E-state index in [4.69, 9.17) is 18.6 Å². The van der Waals surface area contributed by atoms with Crippen LogP contribution in [0.15, 0.2) is 108 Å². The van der Waals surface area contributed by atoms with Gasteiger partial charge in [0.1, 0.15) is 41.1 Å². The summed E-state index contributed by atoms with van der Waals surface area (Å²) in [6.45, 7) is 2.07. The molecule has 0 saturated carbocycles. The Kier molecular flexibility index (Phi) is 9.71. The molecule has 4 aromatic carbocycles. The second kappa shape index (κ2) is 14.2. The van der Waals surface area contributed by atoms with E-state index >= 15 is 0 Å². The number of hydrogen-bond donors (Lipinski definition) is 1. The Bertz CT molecular complexity index is 1710. The van der Waals surface area contributed by atoms with Crippen molar-refractivity contribution in [2.75, 3.05) is 7.11 Å². The van der Waals surface area contributed by atoms with Crippen LogP contribution in [-0.2, 0) is 11.4 Å². The fourth-order valence-electron chi connectivity index (χ4n) is 4.55. The molecule has 224 valence electrons. The molecule has 0 saturated heterocycles. The van der Waals surface area contributed by atoms with E-state index in [1.807, 2.05) is 79.7 Å². The number of rotatable bonds is 13. The average molecular weight is 594 g/mol. The largest absolute Gasteiger partial charge is 0.497 e. The van der Waals surface area contributed by atoms with Crippen molar-refractivity contribution in [3.63, 3.8) is 0 Å². The number of aryl methyl sites for hydroxylation is 1. The minimum atomic E-state index is -1.05. The lowest BCUT2D eigenvalue weighted by Crippen LogP contribution is -2.26. The lowest BCUT2D eigenvalue weighted by molar-refractivity contribution is -0.145. The normalized spacial score (nSPS) is 11.8. The standard InChI is InChI=1S/C36H32FNO6/c1-24-32(38-35(43-24)27-8-4-3-5-9-27)23-42-33-21-20-31(41-2)22-28(33)10-6-7-11-34(36(39)40)44-30-18-14-26(15-19-30)25-12-16-29(37)17-13-25/h3-6,8-10,12-22,34H,7,11,23H2,1-2H3,(H,39,40). The number of allylic oxidation sites excluding steroid dienone is 1. The fourth-order valence-corrected chi connectivity index (χ4v) is 4.55. The van der Waals surface area contributed by atoms with Gasteiger partial charge in [-0.1, -0.05) is 54.6 Å². The summed E-state index contributed by atoms with van der Waals surface area (Å²) in [5.74, 6) is 1.59. The van der Waals surface area contributed by atoms with Gasteiger partial charge in [-0.3, -0.25) is 0 Å². The lowest BCUT2D eigenvalue weighted by atomic mass is 10.1. The van der Waals surface area contributed by atoms with Crippen LogP contribution in [0.2, 0.25) is 0 Å². The first-order chi connectivity index (χ1) is 21.4. The second-order valence-corrected chi connectivity index (χ2v) is 10.0. The molecule has 0 amide bonds. The maximum absolute atomic E-state index is 13.2. The van der Waals surface area contributed by atoms with Crippen LogP contribution in [0.5, 0.6) is 17.2 Å². The zero-order chi connectivity index (χ0) is 30.9. The number of benzene rings is 4. The van der Waals surface area contributed by atoms with E-state index in [-0.39, 0.29) is 18.8 Å². The summed E-state index contributed by atoms with van der Waals surface area (Å²) in [7, 11) is 1.59. The molecule has 0 aliphatic heterocycles. The van der Waals surface area contributed by atoms with Crippen LogP contribution in [0.3, 0.4) is 0 Å². The monoisotopic (exact) mass is 593 g/mol. The van der Waals surface area contributed by atoms with Crippen LogP contribution in [0.1, 0.15) is 29.9 Å². The van der Waals surface area contributed by atoms with Crippen molar-refractivity contribution >= 4 is 12.0 Å². The number of carboxylic acids is 1. The molecule has 5 aromatic rings. The molecule has 1 heterocycles. The Morgan fingerprint density at radius 1 is 0.932 bits per heavy atom. The van der Waals surface area contributed by atoms with Crippen LogP contribution in [-0.4, -0.2) is 29.3 Å². The van der Waals surface area contributed by atoms with Crippen molar-refractivity contribution in [1.82, 2.24) is 4.98 Å². The van der Waals surface area contributed by atoms with Crippen LogP contribution >= 0.6 is 0 Å². The summed E-state index contributed by atoms with van der Waals surface area (Å²) in [6, 6.07) is 28.4. The highest BCUT2D eigenvalue weighted by Crippen LogP contribution is 2.29. The van der Waals surface area contributed by atoms with Crippen LogP contribution in [0.4, 0.5) is 4.39 Å². The second-order valence-electron chi connectivity index (χ2n) is 10.0. The molecule has 5 rings (SSSR count). The third-order valence-corrected chi connectivity index (χ3v) is 6.97. The maximum atomic E-state index is 13.2. The number of nitrogens with zero attached hydrogens (tertiary/aromatic N) is 1. The first kappa shape index (κ1) is 30.1. The minimum Gasteiger partial charge on any atom is -0.497 e. The molecule has 0 aliphatic carbocycles. The number of ether oxygens (including phenoxy) is 3.